The quantitative estimate of drug-likeness (QED) is 0.890. The Labute approximate surface area is 108 Å². The molecule has 18 heavy (non-hydrogen) atoms. The first-order valence-electron chi connectivity index (χ1n) is 6.39. The standard InChI is InChI=1S/C15H20O3/c1-10-8-12(3)13(9-11(10)2)15(6-7-18-15)5-4-14(16)17/h8-9H,4-7H2,1-3H3,(H,16,17). The fourth-order valence-electron chi connectivity index (χ4n) is 2.65. The Hall–Kier alpha value is -1.35. The largest absolute Gasteiger partial charge is 0.481 e. The van der Waals surface area contributed by atoms with E-state index in [9.17, 15) is 4.79 Å². The highest BCUT2D eigenvalue weighted by Gasteiger charge is 2.41. The van der Waals surface area contributed by atoms with Gasteiger partial charge in [0, 0.05) is 12.8 Å². The lowest BCUT2D eigenvalue weighted by Crippen LogP contribution is -2.42. The summed E-state index contributed by atoms with van der Waals surface area (Å²) in [4.78, 5) is 10.8. The fraction of sp³-hybridized carbons (Fsp3) is 0.533. The molecule has 1 aliphatic rings. The van der Waals surface area contributed by atoms with Crippen LogP contribution in [0.4, 0.5) is 0 Å². The molecule has 1 atom stereocenters. The number of rotatable bonds is 4. The predicted molar refractivity (Wildman–Crippen MR) is 69.8 cm³/mol. The summed E-state index contributed by atoms with van der Waals surface area (Å²) in [5.74, 6) is -0.758. The van der Waals surface area contributed by atoms with Gasteiger partial charge in [0.1, 0.15) is 0 Å². The van der Waals surface area contributed by atoms with Gasteiger partial charge in [-0.1, -0.05) is 12.1 Å². The van der Waals surface area contributed by atoms with E-state index in [1.165, 1.54) is 16.7 Å². The summed E-state index contributed by atoms with van der Waals surface area (Å²) >= 11 is 0. The molecular formula is C15H20O3. The Balaban J connectivity index is 2.32. The minimum atomic E-state index is -0.758. The highest BCUT2D eigenvalue weighted by molar-refractivity contribution is 5.66. The van der Waals surface area contributed by atoms with Gasteiger partial charge in [0.25, 0.3) is 0 Å². The molecule has 0 amide bonds. The van der Waals surface area contributed by atoms with Crippen LogP contribution in [0, 0.1) is 20.8 Å². The van der Waals surface area contributed by atoms with Crippen molar-refractivity contribution in [3.05, 3.63) is 34.4 Å². The van der Waals surface area contributed by atoms with Crippen LogP contribution in [-0.2, 0) is 15.1 Å². The van der Waals surface area contributed by atoms with Gasteiger partial charge < -0.3 is 9.84 Å². The molecule has 1 unspecified atom stereocenters. The number of carboxylic acids is 1. The fourth-order valence-corrected chi connectivity index (χ4v) is 2.65. The van der Waals surface area contributed by atoms with Crippen LogP contribution in [0.3, 0.4) is 0 Å². The highest BCUT2D eigenvalue weighted by Crippen LogP contribution is 2.43. The van der Waals surface area contributed by atoms with Gasteiger partial charge in [-0.2, -0.15) is 0 Å². The van der Waals surface area contributed by atoms with Crippen molar-refractivity contribution in [1.29, 1.82) is 0 Å². The number of carboxylic acid groups (broad SMARTS) is 1. The van der Waals surface area contributed by atoms with Crippen LogP contribution >= 0.6 is 0 Å². The zero-order chi connectivity index (χ0) is 13.3. The van der Waals surface area contributed by atoms with Crippen molar-refractivity contribution in [3.8, 4) is 0 Å². The van der Waals surface area contributed by atoms with Crippen LogP contribution in [0.2, 0.25) is 0 Å². The second kappa shape index (κ2) is 4.73. The van der Waals surface area contributed by atoms with Gasteiger partial charge in [-0.15, -0.1) is 0 Å². The van der Waals surface area contributed by atoms with Gasteiger partial charge >= 0.3 is 5.97 Å². The zero-order valence-corrected chi connectivity index (χ0v) is 11.2. The summed E-state index contributed by atoms with van der Waals surface area (Å²) in [6, 6.07) is 4.32. The van der Waals surface area contributed by atoms with Crippen LogP contribution in [-0.4, -0.2) is 17.7 Å². The van der Waals surface area contributed by atoms with Crippen molar-refractivity contribution in [2.75, 3.05) is 6.61 Å². The van der Waals surface area contributed by atoms with Gasteiger partial charge in [0.15, 0.2) is 0 Å². The smallest absolute Gasteiger partial charge is 0.303 e. The number of ether oxygens (including phenoxy) is 1. The summed E-state index contributed by atoms with van der Waals surface area (Å²) in [6.07, 6.45) is 1.64. The van der Waals surface area contributed by atoms with E-state index in [0.717, 1.165) is 18.6 Å². The van der Waals surface area contributed by atoms with E-state index >= 15 is 0 Å². The second-order valence-electron chi connectivity index (χ2n) is 5.24. The minimum Gasteiger partial charge on any atom is -0.481 e. The van der Waals surface area contributed by atoms with Crippen LogP contribution in [0.5, 0.6) is 0 Å². The molecule has 1 N–H and O–H groups in total. The molecular weight excluding hydrogens is 228 g/mol. The summed E-state index contributed by atoms with van der Waals surface area (Å²) < 4.78 is 5.77. The third-order valence-electron chi connectivity index (χ3n) is 3.96. The third kappa shape index (κ3) is 2.27. The van der Waals surface area contributed by atoms with Gasteiger partial charge in [-0.3, -0.25) is 4.79 Å². The monoisotopic (exact) mass is 248 g/mol. The summed E-state index contributed by atoms with van der Waals surface area (Å²) in [5.41, 5.74) is 4.51. The number of hydrogen-bond donors (Lipinski definition) is 1. The van der Waals surface area contributed by atoms with Crippen LogP contribution in [0.1, 0.15) is 41.5 Å². The van der Waals surface area contributed by atoms with Crippen LogP contribution in [0.15, 0.2) is 12.1 Å². The van der Waals surface area contributed by atoms with E-state index in [0.29, 0.717) is 6.42 Å². The molecule has 1 aromatic rings. The SMILES string of the molecule is Cc1cc(C)c(C2(CCC(=O)O)CCO2)cc1C. The molecule has 0 spiro atoms. The lowest BCUT2D eigenvalue weighted by Gasteiger charge is -2.43. The lowest BCUT2D eigenvalue weighted by molar-refractivity contribution is -0.166. The Morgan fingerprint density at radius 1 is 1.28 bits per heavy atom. The maximum atomic E-state index is 10.8. The van der Waals surface area contributed by atoms with E-state index in [1.807, 2.05) is 0 Å². The van der Waals surface area contributed by atoms with E-state index in [2.05, 4.69) is 32.9 Å². The normalized spacial score (nSPS) is 22.6. The van der Waals surface area contributed by atoms with Gasteiger partial charge in [-0.25, -0.2) is 0 Å². The molecule has 0 radical (unpaired) electrons. The van der Waals surface area contributed by atoms with Gasteiger partial charge in [0.05, 0.1) is 12.2 Å². The van der Waals surface area contributed by atoms with Gasteiger partial charge in [-0.05, 0) is 49.4 Å². The highest BCUT2D eigenvalue weighted by atomic mass is 16.5. The average molecular weight is 248 g/mol. The summed E-state index contributed by atoms with van der Waals surface area (Å²) in [7, 11) is 0. The van der Waals surface area contributed by atoms with E-state index in [1.54, 1.807) is 0 Å². The van der Waals surface area contributed by atoms with E-state index in [-0.39, 0.29) is 12.0 Å². The van der Waals surface area contributed by atoms with Crippen molar-refractivity contribution in [2.45, 2.75) is 45.6 Å². The van der Waals surface area contributed by atoms with Crippen LogP contribution < -0.4 is 0 Å². The third-order valence-corrected chi connectivity index (χ3v) is 3.96. The first-order valence-corrected chi connectivity index (χ1v) is 6.39. The van der Waals surface area contributed by atoms with Crippen LogP contribution in [0.25, 0.3) is 0 Å². The molecule has 1 aromatic carbocycles. The van der Waals surface area contributed by atoms with Crippen molar-refractivity contribution < 1.29 is 14.6 Å². The maximum Gasteiger partial charge on any atom is 0.303 e. The number of aliphatic carboxylic acids is 1. The molecule has 0 bridgehead atoms. The molecule has 0 saturated carbocycles. The summed E-state index contributed by atoms with van der Waals surface area (Å²) in [5, 5.41) is 8.86. The first-order chi connectivity index (χ1) is 8.44. The number of carbonyl (C=O) groups is 1. The molecule has 3 heteroatoms. The molecule has 98 valence electrons. The Morgan fingerprint density at radius 3 is 2.39 bits per heavy atom. The average Bonchev–Trinajstić information content (AvgIpc) is 2.23. The molecule has 1 saturated heterocycles. The molecule has 1 heterocycles. The molecule has 0 aliphatic carbocycles. The molecule has 1 fully saturated rings. The van der Waals surface area contributed by atoms with Crippen molar-refractivity contribution in [2.24, 2.45) is 0 Å². The molecule has 2 rings (SSSR count). The maximum absolute atomic E-state index is 10.8. The van der Waals surface area contributed by atoms with E-state index < -0.39 is 5.97 Å². The number of hydrogen-bond acceptors (Lipinski definition) is 2. The molecule has 3 nitrogen and oxygen atoms in total. The van der Waals surface area contributed by atoms with Crippen molar-refractivity contribution in [1.82, 2.24) is 0 Å². The van der Waals surface area contributed by atoms with Gasteiger partial charge in [0.2, 0.25) is 0 Å². The number of aryl methyl sites for hydroxylation is 3. The first kappa shape index (κ1) is 13.1. The molecule has 0 aromatic heterocycles. The van der Waals surface area contributed by atoms with E-state index in [4.69, 9.17) is 9.84 Å². The van der Waals surface area contributed by atoms with Crippen molar-refractivity contribution >= 4 is 5.97 Å². The van der Waals surface area contributed by atoms with Crippen molar-refractivity contribution in [3.63, 3.8) is 0 Å². The Morgan fingerprint density at radius 2 is 1.89 bits per heavy atom. The molecule has 1 aliphatic heterocycles. The number of benzene rings is 1. The Kier molecular flexibility index (Phi) is 3.44. The lowest BCUT2D eigenvalue weighted by atomic mass is 9.79. The second-order valence-corrected chi connectivity index (χ2v) is 5.24. The minimum absolute atomic E-state index is 0.159. The summed E-state index contributed by atoms with van der Waals surface area (Å²) in [6.45, 7) is 6.98. The topological polar surface area (TPSA) is 46.5 Å². The predicted octanol–water partition coefficient (Wildman–Crippen LogP) is 3.09. The zero-order valence-electron chi connectivity index (χ0n) is 11.2. The Bertz CT molecular complexity index is 473.